The Morgan fingerprint density at radius 2 is 1.72 bits per heavy atom. The van der Waals surface area contributed by atoms with Crippen LogP contribution in [0.25, 0.3) is 10.8 Å². The number of nitrogens with one attached hydrogen (secondary N) is 1. The van der Waals surface area contributed by atoms with Crippen LogP contribution in [0, 0.1) is 6.92 Å². The van der Waals surface area contributed by atoms with E-state index < -0.39 is 6.10 Å². The highest BCUT2D eigenvalue weighted by Gasteiger charge is 2.19. The summed E-state index contributed by atoms with van der Waals surface area (Å²) >= 11 is 0. The molecule has 3 aromatic carbocycles. The van der Waals surface area contributed by atoms with Crippen molar-refractivity contribution in [1.82, 2.24) is 5.32 Å². The van der Waals surface area contributed by atoms with Gasteiger partial charge in [0.25, 0.3) is 5.91 Å². The predicted molar refractivity (Wildman–Crippen MR) is 102 cm³/mol. The average Bonchev–Trinajstić information content (AvgIpc) is 2.65. The Hall–Kier alpha value is -2.81. The molecule has 1 amide bonds. The molecule has 0 heterocycles. The number of hydrogen-bond donors (Lipinski definition) is 1. The average molecular weight is 333 g/mol. The molecule has 3 rings (SSSR count). The summed E-state index contributed by atoms with van der Waals surface area (Å²) in [5.74, 6) is 0.662. The molecule has 1 N–H and O–H groups in total. The summed E-state index contributed by atoms with van der Waals surface area (Å²) < 4.78 is 6.05. The smallest absolute Gasteiger partial charge is 0.261 e. The van der Waals surface area contributed by atoms with Crippen molar-refractivity contribution >= 4 is 16.7 Å². The van der Waals surface area contributed by atoms with Gasteiger partial charge in [-0.3, -0.25) is 4.79 Å². The number of rotatable bonds is 6. The fourth-order valence-electron chi connectivity index (χ4n) is 2.88. The van der Waals surface area contributed by atoms with Crippen LogP contribution in [0.5, 0.6) is 5.75 Å². The molecule has 0 bridgehead atoms. The predicted octanol–water partition coefficient (Wildman–Crippen LogP) is 4.62. The van der Waals surface area contributed by atoms with Gasteiger partial charge in [-0.1, -0.05) is 67.6 Å². The third kappa shape index (κ3) is 4.00. The number of fused-ring (bicyclic) bond motifs is 1. The Morgan fingerprint density at radius 1 is 1.00 bits per heavy atom. The summed E-state index contributed by atoms with van der Waals surface area (Å²) in [6.07, 6.45) is 0.109. The van der Waals surface area contributed by atoms with Crippen molar-refractivity contribution in [2.45, 2.75) is 32.9 Å². The Bertz CT molecular complexity index is 867. The molecule has 0 saturated carbocycles. The zero-order valence-electron chi connectivity index (χ0n) is 14.7. The van der Waals surface area contributed by atoms with Crippen LogP contribution in [-0.2, 0) is 11.3 Å². The second-order valence-corrected chi connectivity index (χ2v) is 6.14. The molecule has 0 aliphatic rings. The molecule has 0 unspecified atom stereocenters. The molecule has 25 heavy (non-hydrogen) atoms. The van der Waals surface area contributed by atoms with E-state index in [9.17, 15) is 4.79 Å². The Morgan fingerprint density at radius 3 is 2.52 bits per heavy atom. The van der Waals surface area contributed by atoms with Crippen molar-refractivity contribution in [1.29, 1.82) is 0 Å². The fourth-order valence-corrected chi connectivity index (χ4v) is 2.88. The maximum Gasteiger partial charge on any atom is 0.261 e. The molecule has 3 heteroatoms. The van der Waals surface area contributed by atoms with Crippen LogP contribution in [0.15, 0.2) is 66.7 Å². The molecule has 0 aliphatic heterocycles. The monoisotopic (exact) mass is 333 g/mol. The van der Waals surface area contributed by atoms with Crippen LogP contribution < -0.4 is 10.1 Å². The lowest BCUT2D eigenvalue weighted by Crippen LogP contribution is -2.37. The van der Waals surface area contributed by atoms with E-state index in [1.807, 2.05) is 80.6 Å². The van der Waals surface area contributed by atoms with Gasteiger partial charge >= 0.3 is 0 Å². The molecule has 1 atom stereocenters. The summed E-state index contributed by atoms with van der Waals surface area (Å²) in [7, 11) is 0. The van der Waals surface area contributed by atoms with Gasteiger partial charge in [0.05, 0.1) is 0 Å². The van der Waals surface area contributed by atoms with Crippen molar-refractivity contribution in [2.24, 2.45) is 0 Å². The first-order valence-corrected chi connectivity index (χ1v) is 8.65. The summed E-state index contributed by atoms with van der Waals surface area (Å²) in [5, 5.41) is 5.13. The van der Waals surface area contributed by atoms with Crippen LogP contribution in [0.3, 0.4) is 0 Å². The normalized spacial score (nSPS) is 11.9. The van der Waals surface area contributed by atoms with Crippen LogP contribution >= 0.6 is 0 Å². The maximum absolute atomic E-state index is 12.6. The summed E-state index contributed by atoms with van der Waals surface area (Å²) in [6, 6.07) is 22.0. The molecular formula is C22H23NO2. The highest BCUT2D eigenvalue weighted by Crippen LogP contribution is 2.26. The number of ether oxygens (including phenoxy) is 1. The maximum atomic E-state index is 12.6. The highest BCUT2D eigenvalue weighted by molar-refractivity contribution is 5.89. The van der Waals surface area contributed by atoms with E-state index in [-0.39, 0.29) is 5.91 Å². The van der Waals surface area contributed by atoms with Crippen LogP contribution in [0.2, 0.25) is 0 Å². The lowest BCUT2D eigenvalue weighted by atomic mass is 10.1. The number of carbonyl (C=O) groups is 1. The van der Waals surface area contributed by atoms with Gasteiger partial charge in [0.2, 0.25) is 0 Å². The Labute approximate surface area is 148 Å². The van der Waals surface area contributed by atoms with E-state index in [0.717, 1.165) is 22.1 Å². The van der Waals surface area contributed by atoms with E-state index >= 15 is 0 Å². The standard InChI is InChI=1S/C22H23NO2/c1-3-20(22(24)23-15-18-11-5-4-9-16(18)2)25-21-14-8-12-17-10-6-7-13-19(17)21/h4-14,20H,3,15H2,1-2H3,(H,23,24)/t20-/m1/s1. The van der Waals surface area contributed by atoms with E-state index in [4.69, 9.17) is 4.74 Å². The fraction of sp³-hybridized carbons (Fsp3) is 0.227. The molecule has 0 aliphatic carbocycles. The third-order valence-electron chi connectivity index (χ3n) is 4.40. The quantitative estimate of drug-likeness (QED) is 0.715. The second kappa shape index (κ2) is 7.84. The second-order valence-electron chi connectivity index (χ2n) is 6.14. The summed E-state index contributed by atoms with van der Waals surface area (Å²) in [4.78, 5) is 12.6. The molecule has 0 aromatic heterocycles. The van der Waals surface area contributed by atoms with Crippen molar-refractivity contribution in [3.63, 3.8) is 0 Å². The first-order valence-electron chi connectivity index (χ1n) is 8.65. The molecule has 3 nitrogen and oxygen atoms in total. The van der Waals surface area contributed by atoms with Gasteiger partial charge < -0.3 is 10.1 Å². The molecule has 0 fully saturated rings. The lowest BCUT2D eigenvalue weighted by Gasteiger charge is -2.19. The molecule has 3 aromatic rings. The zero-order valence-corrected chi connectivity index (χ0v) is 14.7. The SMILES string of the molecule is CC[C@@H](Oc1cccc2ccccc12)C(=O)NCc1ccccc1C. The number of benzene rings is 3. The van der Waals surface area contributed by atoms with Crippen LogP contribution in [0.1, 0.15) is 24.5 Å². The minimum Gasteiger partial charge on any atom is -0.480 e. The first-order chi connectivity index (χ1) is 12.2. The first kappa shape index (κ1) is 17.0. The van der Waals surface area contributed by atoms with E-state index in [1.165, 1.54) is 5.56 Å². The molecule has 0 spiro atoms. The van der Waals surface area contributed by atoms with E-state index in [2.05, 4.69) is 5.32 Å². The van der Waals surface area contributed by atoms with Crippen molar-refractivity contribution in [3.8, 4) is 5.75 Å². The largest absolute Gasteiger partial charge is 0.480 e. The third-order valence-corrected chi connectivity index (χ3v) is 4.40. The highest BCUT2D eigenvalue weighted by atomic mass is 16.5. The van der Waals surface area contributed by atoms with E-state index in [1.54, 1.807) is 0 Å². The van der Waals surface area contributed by atoms with Gasteiger partial charge in [-0.2, -0.15) is 0 Å². The van der Waals surface area contributed by atoms with E-state index in [0.29, 0.717) is 13.0 Å². The van der Waals surface area contributed by atoms with Crippen LogP contribution in [-0.4, -0.2) is 12.0 Å². The molecular weight excluding hydrogens is 310 g/mol. The molecule has 0 radical (unpaired) electrons. The topological polar surface area (TPSA) is 38.3 Å². The molecule has 128 valence electrons. The van der Waals surface area contributed by atoms with Gasteiger partial charge in [-0.05, 0) is 35.9 Å². The van der Waals surface area contributed by atoms with Crippen LogP contribution in [0.4, 0.5) is 0 Å². The number of carbonyl (C=O) groups excluding carboxylic acids is 1. The van der Waals surface area contributed by atoms with Crippen molar-refractivity contribution in [3.05, 3.63) is 77.9 Å². The summed E-state index contributed by atoms with van der Waals surface area (Å²) in [6.45, 7) is 4.52. The van der Waals surface area contributed by atoms with Crippen molar-refractivity contribution in [2.75, 3.05) is 0 Å². The number of aryl methyl sites for hydroxylation is 1. The number of amides is 1. The minimum atomic E-state index is -0.505. The summed E-state index contributed by atoms with van der Waals surface area (Å²) in [5.41, 5.74) is 2.29. The molecule has 0 saturated heterocycles. The van der Waals surface area contributed by atoms with Gasteiger partial charge in [-0.25, -0.2) is 0 Å². The zero-order chi connectivity index (χ0) is 17.6. The minimum absolute atomic E-state index is 0.0845. The van der Waals surface area contributed by atoms with Crippen molar-refractivity contribution < 1.29 is 9.53 Å². The van der Waals surface area contributed by atoms with Gasteiger partial charge in [0.15, 0.2) is 6.10 Å². The van der Waals surface area contributed by atoms with Gasteiger partial charge in [0.1, 0.15) is 5.75 Å². The van der Waals surface area contributed by atoms with Gasteiger partial charge in [0, 0.05) is 11.9 Å². The Kier molecular flexibility index (Phi) is 5.34. The van der Waals surface area contributed by atoms with Gasteiger partial charge in [-0.15, -0.1) is 0 Å². The Balaban J connectivity index is 1.71. The lowest BCUT2D eigenvalue weighted by molar-refractivity contribution is -0.128. The number of hydrogen-bond acceptors (Lipinski definition) is 2.